The maximum absolute atomic E-state index is 10.7. The molecular formula is C12H16OS. The van der Waals surface area contributed by atoms with Crippen LogP contribution in [0.15, 0.2) is 30.3 Å². The molecule has 76 valence electrons. The number of hydrogen-bond acceptors (Lipinski definition) is 1. The van der Waals surface area contributed by atoms with E-state index in [9.17, 15) is 4.79 Å². The third kappa shape index (κ3) is 4.47. The van der Waals surface area contributed by atoms with E-state index in [1.807, 2.05) is 18.2 Å². The molecule has 0 aromatic heterocycles. The molecule has 0 fully saturated rings. The molecule has 0 heterocycles. The first-order valence-electron chi connectivity index (χ1n) is 4.94. The van der Waals surface area contributed by atoms with E-state index in [0.717, 1.165) is 12.8 Å². The molecule has 1 atom stereocenters. The lowest BCUT2D eigenvalue weighted by atomic mass is 9.97. The van der Waals surface area contributed by atoms with E-state index in [2.05, 4.69) is 31.7 Å². The van der Waals surface area contributed by atoms with Crippen LogP contribution in [0.3, 0.4) is 0 Å². The van der Waals surface area contributed by atoms with Crippen molar-refractivity contribution in [3.63, 3.8) is 0 Å². The van der Waals surface area contributed by atoms with Crippen LogP contribution in [-0.2, 0) is 11.2 Å². The molecule has 1 aromatic rings. The largest absolute Gasteiger partial charge is 0.288 e. The minimum absolute atomic E-state index is 0.00934. The van der Waals surface area contributed by atoms with Gasteiger partial charge in [-0.05, 0) is 24.3 Å². The van der Waals surface area contributed by atoms with Gasteiger partial charge in [-0.15, -0.1) is 12.6 Å². The molecule has 0 saturated heterocycles. The summed E-state index contributed by atoms with van der Waals surface area (Å²) in [5, 5.41) is -0.00934. The van der Waals surface area contributed by atoms with Crippen molar-refractivity contribution < 1.29 is 4.79 Å². The zero-order chi connectivity index (χ0) is 10.4. The Labute approximate surface area is 90.9 Å². The van der Waals surface area contributed by atoms with Crippen LogP contribution in [-0.4, -0.2) is 5.12 Å². The Hall–Kier alpha value is -0.760. The van der Waals surface area contributed by atoms with Crippen LogP contribution in [0.25, 0.3) is 0 Å². The zero-order valence-electron chi connectivity index (χ0n) is 8.44. The monoisotopic (exact) mass is 208 g/mol. The van der Waals surface area contributed by atoms with Gasteiger partial charge in [-0.3, -0.25) is 4.79 Å². The van der Waals surface area contributed by atoms with Gasteiger partial charge in [-0.2, -0.15) is 0 Å². The molecule has 0 amide bonds. The molecule has 1 nitrogen and oxygen atoms in total. The summed E-state index contributed by atoms with van der Waals surface area (Å²) in [6.07, 6.45) is 2.55. The van der Waals surface area contributed by atoms with Gasteiger partial charge in [-0.25, -0.2) is 0 Å². The second kappa shape index (κ2) is 5.86. The second-order valence-electron chi connectivity index (χ2n) is 3.73. The van der Waals surface area contributed by atoms with Gasteiger partial charge < -0.3 is 0 Å². The van der Waals surface area contributed by atoms with Crippen LogP contribution in [0.1, 0.15) is 25.3 Å². The Balaban J connectivity index is 2.34. The van der Waals surface area contributed by atoms with Crippen molar-refractivity contribution in [3.05, 3.63) is 35.9 Å². The highest BCUT2D eigenvalue weighted by atomic mass is 32.1. The van der Waals surface area contributed by atoms with Crippen molar-refractivity contribution in [1.82, 2.24) is 0 Å². The Bertz CT molecular complexity index is 282. The number of carbonyl (C=O) groups is 1. The minimum Gasteiger partial charge on any atom is -0.288 e. The summed E-state index contributed by atoms with van der Waals surface area (Å²) in [6.45, 7) is 2.17. The molecule has 0 bridgehead atoms. The van der Waals surface area contributed by atoms with E-state index in [0.29, 0.717) is 12.3 Å². The van der Waals surface area contributed by atoms with E-state index in [4.69, 9.17) is 0 Å². The molecule has 0 aliphatic carbocycles. The van der Waals surface area contributed by atoms with Gasteiger partial charge >= 0.3 is 0 Å². The first-order chi connectivity index (χ1) is 6.68. The number of rotatable bonds is 5. The average molecular weight is 208 g/mol. The molecule has 2 heteroatoms. The third-order valence-electron chi connectivity index (χ3n) is 2.28. The predicted molar refractivity (Wildman–Crippen MR) is 62.5 cm³/mol. The number of carbonyl (C=O) groups excluding carboxylic acids is 1. The lowest BCUT2D eigenvalue weighted by Crippen LogP contribution is -2.01. The quantitative estimate of drug-likeness (QED) is 0.736. The van der Waals surface area contributed by atoms with Crippen molar-refractivity contribution in [1.29, 1.82) is 0 Å². The molecule has 1 unspecified atom stereocenters. The molecular weight excluding hydrogens is 192 g/mol. The molecule has 1 rings (SSSR count). The topological polar surface area (TPSA) is 17.1 Å². The van der Waals surface area contributed by atoms with Crippen molar-refractivity contribution >= 4 is 17.7 Å². The molecule has 0 N–H and O–H groups in total. The Kier molecular flexibility index (Phi) is 4.74. The summed E-state index contributed by atoms with van der Waals surface area (Å²) in [4.78, 5) is 10.7. The molecule has 0 aliphatic heterocycles. The lowest BCUT2D eigenvalue weighted by Gasteiger charge is -2.09. The maximum atomic E-state index is 10.7. The summed E-state index contributed by atoms with van der Waals surface area (Å²) < 4.78 is 0. The Morgan fingerprint density at radius 1 is 1.36 bits per heavy atom. The smallest absolute Gasteiger partial charge is 0.185 e. The van der Waals surface area contributed by atoms with Crippen molar-refractivity contribution in [2.45, 2.75) is 26.2 Å². The van der Waals surface area contributed by atoms with Gasteiger partial charge in [0.15, 0.2) is 5.12 Å². The van der Waals surface area contributed by atoms with Crippen molar-refractivity contribution in [3.8, 4) is 0 Å². The van der Waals surface area contributed by atoms with Gasteiger partial charge in [0.25, 0.3) is 0 Å². The second-order valence-corrected chi connectivity index (χ2v) is 4.23. The van der Waals surface area contributed by atoms with Crippen LogP contribution in [0.4, 0.5) is 0 Å². The molecule has 1 aromatic carbocycles. The van der Waals surface area contributed by atoms with E-state index in [1.54, 1.807) is 0 Å². The van der Waals surface area contributed by atoms with Crippen LogP contribution in [0.2, 0.25) is 0 Å². The summed E-state index contributed by atoms with van der Waals surface area (Å²) in [5.41, 5.74) is 1.34. The Morgan fingerprint density at radius 2 is 2.00 bits per heavy atom. The van der Waals surface area contributed by atoms with Gasteiger partial charge in [0.1, 0.15) is 0 Å². The summed E-state index contributed by atoms with van der Waals surface area (Å²) >= 11 is 3.76. The molecule has 0 saturated carbocycles. The Morgan fingerprint density at radius 3 is 2.57 bits per heavy atom. The predicted octanol–water partition coefficient (Wildman–Crippen LogP) is 3.10. The normalized spacial score (nSPS) is 12.4. The molecule has 0 aliphatic rings. The fourth-order valence-electron chi connectivity index (χ4n) is 1.49. The highest BCUT2D eigenvalue weighted by molar-refractivity contribution is 7.96. The van der Waals surface area contributed by atoms with Crippen molar-refractivity contribution in [2.24, 2.45) is 5.92 Å². The van der Waals surface area contributed by atoms with E-state index < -0.39 is 0 Å². The van der Waals surface area contributed by atoms with Crippen molar-refractivity contribution in [2.75, 3.05) is 0 Å². The summed E-state index contributed by atoms with van der Waals surface area (Å²) in [5.74, 6) is 0.550. The maximum Gasteiger partial charge on any atom is 0.185 e. The SMILES string of the molecule is CC(CCC(=O)S)Cc1ccccc1. The third-order valence-corrected chi connectivity index (χ3v) is 2.50. The van der Waals surface area contributed by atoms with Crippen LogP contribution >= 0.6 is 12.6 Å². The summed E-state index contributed by atoms with van der Waals surface area (Å²) in [7, 11) is 0. The van der Waals surface area contributed by atoms with Crippen LogP contribution in [0, 0.1) is 5.92 Å². The zero-order valence-corrected chi connectivity index (χ0v) is 9.34. The van der Waals surface area contributed by atoms with E-state index in [1.165, 1.54) is 5.56 Å². The van der Waals surface area contributed by atoms with Gasteiger partial charge in [-0.1, -0.05) is 37.3 Å². The number of benzene rings is 1. The highest BCUT2D eigenvalue weighted by Crippen LogP contribution is 2.13. The average Bonchev–Trinajstić information content (AvgIpc) is 2.16. The fraction of sp³-hybridized carbons (Fsp3) is 0.417. The molecule has 0 spiro atoms. The van der Waals surface area contributed by atoms with Gasteiger partial charge in [0.2, 0.25) is 0 Å². The fourth-order valence-corrected chi connectivity index (χ4v) is 1.62. The van der Waals surface area contributed by atoms with Crippen LogP contribution < -0.4 is 0 Å². The first kappa shape index (κ1) is 11.3. The molecule has 14 heavy (non-hydrogen) atoms. The van der Waals surface area contributed by atoms with Gasteiger partial charge in [0.05, 0.1) is 0 Å². The number of thiol groups is 1. The van der Waals surface area contributed by atoms with E-state index >= 15 is 0 Å². The first-order valence-corrected chi connectivity index (χ1v) is 5.39. The highest BCUT2D eigenvalue weighted by Gasteiger charge is 2.04. The molecule has 0 radical (unpaired) electrons. The standard InChI is InChI=1S/C12H16OS/c1-10(7-8-12(13)14)9-11-5-3-2-4-6-11/h2-6,10H,7-9H2,1H3,(H,13,14). The lowest BCUT2D eigenvalue weighted by molar-refractivity contribution is -0.111. The van der Waals surface area contributed by atoms with Crippen LogP contribution in [0.5, 0.6) is 0 Å². The number of hydrogen-bond donors (Lipinski definition) is 1. The minimum atomic E-state index is -0.00934. The van der Waals surface area contributed by atoms with E-state index in [-0.39, 0.29) is 5.12 Å². The summed E-state index contributed by atoms with van der Waals surface area (Å²) in [6, 6.07) is 10.4. The van der Waals surface area contributed by atoms with Gasteiger partial charge in [0, 0.05) is 6.42 Å².